The molecule has 3 aromatic rings. The molecule has 0 unspecified atom stereocenters. The predicted molar refractivity (Wildman–Crippen MR) is 78.4 cm³/mol. The van der Waals surface area contributed by atoms with Crippen LogP contribution in [0.2, 0.25) is 0 Å². The van der Waals surface area contributed by atoms with Crippen molar-refractivity contribution in [1.29, 1.82) is 0 Å². The first-order valence-electron chi connectivity index (χ1n) is 6.45. The summed E-state index contributed by atoms with van der Waals surface area (Å²) in [5, 5.41) is 11.2. The molecular weight excluding hydrogens is 238 g/mol. The van der Waals surface area contributed by atoms with Crippen LogP contribution in [-0.2, 0) is 11.3 Å². The SMILES string of the molecule is CC.O=C(O)Cn1c2ccccc2c2ccccc21. The second kappa shape index (κ2) is 5.57. The summed E-state index contributed by atoms with van der Waals surface area (Å²) in [6, 6.07) is 15.8. The number of nitrogens with zero attached hydrogens (tertiary/aromatic N) is 1. The lowest BCUT2D eigenvalue weighted by Gasteiger charge is -2.02. The van der Waals surface area contributed by atoms with Crippen LogP contribution in [-0.4, -0.2) is 15.6 Å². The van der Waals surface area contributed by atoms with E-state index in [1.54, 1.807) is 0 Å². The molecule has 98 valence electrons. The van der Waals surface area contributed by atoms with E-state index < -0.39 is 5.97 Å². The maximum absolute atomic E-state index is 10.9. The minimum Gasteiger partial charge on any atom is -0.480 e. The van der Waals surface area contributed by atoms with E-state index in [-0.39, 0.29) is 6.54 Å². The molecule has 0 atom stereocenters. The number of hydrogen-bond acceptors (Lipinski definition) is 1. The van der Waals surface area contributed by atoms with Crippen molar-refractivity contribution in [2.24, 2.45) is 0 Å². The zero-order chi connectivity index (χ0) is 13.8. The van der Waals surface area contributed by atoms with Crippen molar-refractivity contribution in [3.63, 3.8) is 0 Å². The lowest BCUT2D eigenvalue weighted by Crippen LogP contribution is -2.07. The highest BCUT2D eigenvalue weighted by Gasteiger charge is 2.11. The van der Waals surface area contributed by atoms with E-state index in [2.05, 4.69) is 0 Å². The van der Waals surface area contributed by atoms with Crippen molar-refractivity contribution < 1.29 is 9.90 Å². The van der Waals surface area contributed by atoms with Crippen LogP contribution in [0.4, 0.5) is 0 Å². The van der Waals surface area contributed by atoms with Gasteiger partial charge in [-0.3, -0.25) is 4.79 Å². The van der Waals surface area contributed by atoms with E-state index in [0.29, 0.717) is 0 Å². The number of carboxylic acid groups (broad SMARTS) is 1. The predicted octanol–water partition coefficient (Wildman–Crippen LogP) is 3.91. The monoisotopic (exact) mass is 255 g/mol. The second-order valence-corrected chi connectivity index (χ2v) is 4.01. The molecule has 0 saturated carbocycles. The van der Waals surface area contributed by atoms with Crippen molar-refractivity contribution in [3.8, 4) is 0 Å². The standard InChI is InChI=1S/C14H11NO2.C2H6/c16-14(17)9-15-12-7-3-1-5-10(12)11-6-2-4-8-13(11)15;1-2/h1-8H,9H2,(H,16,17);1-2H3. The summed E-state index contributed by atoms with van der Waals surface area (Å²) in [6.45, 7) is 3.99. The molecule has 2 aromatic carbocycles. The average molecular weight is 255 g/mol. The Balaban J connectivity index is 0.000000637. The van der Waals surface area contributed by atoms with E-state index >= 15 is 0 Å². The number of aliphatic carboxylic acids is 1. The summed E-state index contributed by atoms with van der Waals surface area (Å²) in [5.41, 5.74) is 1.94. The van der Waals surface area contributed by atoms with Crippen LogP contribution in [0.1, 0.15) is 13.8 Å². The number of carboxylic acids is 1. The largest absolute Gasteiger partial charge is 0.480 e. The number of benzene rings is 2. The van der Waals surface area contributed by atoms with E-state index in [1.165, 1.54) is 0 Å². The number of fused-ring (bicyclic) bond motifs is 3. The number of para-hydroxylation sites is 2. The molecule has 0 aliphatic heterocycles. The highest BCUT2D eigenvalue weighted by Crippen LogP contribution is 2.28. The Morgan fingerprint density at radius 3 is 1.79 bits per heavy atom. The minimum absolute atomic E-state index is 0.00593. The van der Waals surface area contributed by atoms with Gasteiger partial charge in [-0.15, -0.1) is 0 Å². The van der Waals surface area contributed by atoms with E-state index in [9.17, 15) is 4.79 Å². The van der Waals surface area contributed by atoms with Crippen molar-refractivity contribution in [2.75, 3.05) is 0 Å². The van der Waals surface area contributed by atoms with Crippen LogP contribution in [0.15, 0.2) is 48.5 Å². The highest BCUT2D eigenvalue weighted by molar-refractivity contribution is 6.08. The Morgan fingerprint density at radius 1 is 0.947 bits per heavy atom. The first-order valence-corrected chi connectivity index (χ1v) is 6.45. The summed E-state index contributed by atoms with van der Waals surface area (Å²) in [4.78, 5) is 10.9. The average Bonchev–Trinajstić information content (AvgIpc) is 2.76. The molecule has 1 N–H and O–H groups in total. The fourth-order valence-electron chi connectivity index (χ4n) is 2.31. The number of aromatic nitrogens is 1. The van der Waals surface area contributed by atoms with E-state index in [0.717, 1.165) is 21.8 Å². The van der Waals surface area contributed by atoms with Crippen LogP contribution in [0.5, 0.6) is 0 Å². The van der Waals surface area contributed by atoms with Gasteiger partial charge in [0.25, 0.3) is 0 Å². The van der Waals surface area contributed by atoms with Gasteiger partial charge in [-0.05, 0) is 12.1 Å². The first kappa shape index (κ1) is 13.1. The first-order chi connectivity index (χ1) is 9.27. The molecule has 3 heteroatoms. The summed E-state index contributed by atoms with van der Waals surface area (Å²) in [5.74, 6) is -0.823. The summed E-state index contributed by atoms with van der Waals surface area (Å²) in [7, 11) is 0. The Bertz CT molecular complexity index is 660. The topological polar surface area (TPSA) is 42.2 Å². The molecule has 0 spiro atoms. The maximum atomic E-state index is 10.9. The van der Waals surface area contributed by atoms with Gasteiger partial charge < -0.3 is 9.67 Å². The summed E-state index contributed by atoms with van der Waals surface area (Å²) in [6.07, 6.45) is 0. The van der Waals surface area contributed by atoms with Gasteiger partial charge in [0.05, 0.1) is 0 Å². The second-order valence-electron chi connectivity index (χ2n) is 4.01. The molecular formula is C16H17NO2. The van der Waals surface area contributed by atoms with E-state index in [1.807, 2.05) is 66.9 Å². The third-order valence-electron chi connectivity index (χ3n) is 2.97. The van der Waals surface area contributed by atoms with Gasteiger partial charge in [0.1, 0.15) is 6.54 Å². The van der Waals surface area contributed by atoms with Crippen molar-refractivity contribution in [1.82, 2.24) is 4.57 Å². The molecule has 0 fully saturated rings. The molecule has 19 heavy (non-hydrogen) atoms. The van der Waals surface area contributed by atoms with Crippen LogP contribution < -0.4 is 0 Å². The maximum Gasteiger partial charge on any atom is 0.323 e. The molecule has 1 aromatic heterocycles. The van der Waals surface area contributed by atoms with Gasteiger partial charge >= 0.3 is 5.97 Å². The van der Waals surface area contributed by atoms with Gasteiger partial charge in [-0.25, -0.2) is 0 Å². The van der Waals surface area contributed by atoms with Gasteiger partial charge in [0, 0.05) is 21.8 Å². The van der Waals surface area contributed by atoms with Crippen LogP contribution >= 0.6 is 0 Å². The van der Waals surface area contributed by atoms with Gasteiger partial charge in [-0.1, -0.05) is 50.2 Å². The number of hydrogen-bond donors (Lipinski definition) is 1. The Morgan fingerprint density at radius 2 is 1.37 bits per heavy atom. The van der Waals surface area contributed by atoms with E-state index in [4.69, 9.17) is 5.11 Å². The Kier molecular flexibility index (Phi) is 3.85. The molecule has 1 heterocycles. The molecule has 0 aliphatic carbocycles. The lowest BCUT2D eigenvalue weighted by molar-refractivity contribution is -0.137. The molecule has 0 saturated heterocycles. The molecule has 0 amide bonds. The van der Waals surface area contributed by atoms with Crippen molar-refractivity contribution >= 4 is 27.8 Å². The molecule has 3 rings (SSSR count). The third kappa shape index (κ3) is 2.32. The Hall–Kier alpha value is -2.29. The summed E-state index contributed by atoms with van der Waals surface area (Å²) < 4.78 is 1.84. The van der Waals surface area contributed by atoms with Crippen LogP contribution in [0.3, 0.4) is 0 Å². The smallest absolute Gasteiger partial charge is 0.323 e. The van der Waals surface area contributed by atoms with Crippen LogP contribution in [0, 0.1) is 0 Å². The minimum atomic E-state index is -0.823. The van der Waals surface area contributed by atoms with Crippen molar-refractivity contribution in [2.45, 2.75) is 20.4 Å². The molecule has 0 radical (unpaired) electrons. The quantitative estimate of drug-likeness (QED) is 0.754. The van der Waals surface area contributed by atoms with Gasteiger partial charge in [0.2, 0.25) is 0 Å². The molecule has 3 nitrogen and oxygen atoms in total. The zero-order valence-corrected chi connectivity index (χ0v) is 11.1. The zero-order valence-electron chi connectivity index (χ0n) is 11.1. The number of carbonyl (C=O) groups is 1. The normalized spacial score (nSPS) is 10.2. The van der Waals surface area contributed by atoms with Gasteiger partial charge in [-0.2, -0.15) is 0 Å². The summed E-state index contributed by atoms with van der Waals surface area (Å²) >= 11 is 0. The molecule has 0 bridgehead atoms. The Labute approximate surface area is 112 Å². The highest BCUT2D eigenvalue weighted by atomic mass is 16.4. The van der Waals surface area contributed by atoms with Crippen molar-refractivity contribution in [3.05, 3.63) is 48.5 Å². The lowest BCUT2D eigenvalue weighted by atomic mass is 10.2. The fraction of sp³-hybridized carbons (Fsp3) is 0.188. The molecule has 0 aliphatic rings. The third-order valence-corrected chi connectivity index (χ3v) is 2.97. The van der Waals surface area contributed by atoms with Crippen LogP contribution in [0.25, 0.3) is 21.8 Å². The number of rotatable bonds is 2. The fourth-order valence-corrected chi connectivity index (χ4v) is 2.31. The van der Waals surface area contributed by atoms with Gasteiger partial charge in [0.15, 0.2) is 0 Å².